The lowest BCUT2D eigenvalue weighted by molar-refractivity contribution is -0.144. The number of para-hydroxylation sites is 1. The molecule has 1 N–H and O–H groups in total. The van der Waals surface area contributed by atoms with Crippen molar-refractivity contribution in [2.45, 2.75) is 13.0 Å². The third-order valence-electron chi connectivity index (χ3n) is 3.36. The summed E-state index contributed by atoms with van der Waals surface area (Å²) in [4.78, 5) is 13.8. The second-order valence-electron chi connectivity index (χ2n) is 4.94. The molecule has 0 radical (unpaired) electrons. The van der Waals surface area contributed by atoms with E-state index in [1.54, 1.807) is 11.9 Å². The Morgan fingerprint density at radius 2 is 2.30 bits per heavy atom. The highest BCUT2D eigenvalue weighted by Gasteiger charge is 2.24. The molecule has 1 atom stereocenters. The fourth-order valence-corrected chi connectivity index (χ4v) is 2.09. The highest BCUT2D eigenvalue weighted by molar-refractivity contribution is 5.81. The van der Waals surface area contributed by atoms with Gasteiger partial charge in [0.2, 0.25) is 0 Å². The Balaban J connectivity index is 1.75. The monoisotopic (exact) mass is 278 g/mol. The minimum Gasteiger partial charge on any atom is -0.491 e. The summed E-state index contributed by atoms with van der Waals surface area (Å²) in [6, 6.07) is 7.86. The number of hydrogen-bond acceptors (Lipinski definition) is 4. The first-order chi connectivity index (χ1) is 9.68. The van der Waals surface area contributed by atoms with Crippen molar-refractivity contribution in [1.82, 2.24) is 10.2 Å². The fraction of sp³-hybridized carbons (Fsp3) is 0.533. The summed E-state index contributed by atoms with van der Waals surface area (Å²) in [5, 5.41) is 3.16. The molecule has 1 aromatic carbocycles. The molecule has 0 bridgehead atoms. The van der Waals surface area contributed by atoms with Gasteiger partial charge in [-0.25, -0.2) is 0 Å². The third-order valence-corrected chi connectivity index (χ3v) is 3.36. The minimum atomic E-state index is -0.368. The average Bonchev–Trinajstić information content (AvgIpc) is 2.49. The molecule has 1 aliphatic rings. The lowest BCUT2D eigenvalue weighted by Gasteiger charge is -2.27. The van der Waals surface area contributed by atoms with Crippen molar-refractivity contribution >= 4 is 5.91 Å². The predicted octanol–water partition coefficient (Wildman–Crippen LogP) is 0.821. The number of morpholine rings is 1. The van der Waals surface area contributed by atoms with Crippen LogP contribution in [0, 0.1) is 6.92 Å². The Morgan fingerprint density at radius 3 is 3.00 bits per heavy atom. The molecule has 1 unspecified atom stereocenters. The summed E-state index contributed by atoms with van der Waals surface area (Å²) in [6.45, 7) is 5.02. The van der Waals surface area contributed by atoms with Crippen LogP contribution >= 0.6 is 0 Å². The summed E-state index contributed by atoms with van der Waals surface area (Å²) in [6.07, 6.45) is -0.368. The van der Waals surface area contributed by atoms with Gasteiger partial charge < -0.3 is 19.7 Å². The van der Waals surface area contributed by atoms with Crippen molar-refractivity contribution in [1.29, 1.82) is 0 Å². The second-order valence-corrected chi connectivity index (χ2v) is 4.94. The van der Waals surface area contributed by atoms with E-state index in [0.717, 1.165) is 17.9 Å². The first kappa shape index (κ1) is 14.8. The minimum absolute atomic E-state index is 0.00517. The van der Waals surface area contributed by atoms with E-state index in [1.807, 2.05) is 31.2 Å². The highest BCUT2D eigenvalue weighted by atomic mass is 16.5. The van der Waals surface area contributed by atoms with Gasteiger partial charge in [-0.15, -0.1) is 0 Å². The third kappa shape index (κ3) is 3.95. The number of nitrogens with one attached hydrogen (secondary N) is 1. The Morgan fingerprint density at radius 1 is 1.50 bits per heavy atom. The van der Waals surface area contributed by atoms with Crippen molar-refractivity contribution in [3.05, 3.63) is 29.8 Å². The quantitative estimate of drug-likeness (QED) is 0.866. The van der Waals surface area contributed by atoms with E-state index < -0.39 is 0 Å². The number of carbonyl (C=O) groups is 1. The Hall–Kier alpha value is -1.59. The van der Waals surface area contributed by atoms with Gasteiger partial charge in [0.1, 0.15) is 18.5 Å². The first-order valence-corrected chi connectivity index (χ1v) is 6.94. The van der Waals surface area contributed by atoms with Gasteiger partial charge >= 0.3 is 0 Å². The number of benzene rings is 1. The molecule has 5 nitrogen and oxygen atoms in total. The Bertz CT molecular complexity index is 444. The van der Waals surface area contributed by atoms with Crippen molar-refractivity contribution in [3.8, 4) is 5.75 Å². The molecule has 1 saturated heterocycles. The molecule has 110 valence electrons. The zero-order valence-electron chi connectivity index (χ0n) is 12.1. The van der Waals surface area contributed by atoms with Gasteiger partial charge in [-0.1, -0.05) is 18.2 Å². The molecule has 0 spiro atoms. The number of aryl methyl sites for hydroxylation is 1. The molecule has 1 amide bonds. The topological polar surface area (TPSA) is 50.8 Å². The van der Waals surface area contributed by atoms with Crippen molar-refractivity contribution in [2.75, 3.05) is 39.9 Å². The van der Waals surface area contributed by atoms with Crippen LogP contribution in [0.1, 0.15) is 5.56 Å². The lowest BCUT2D eigenvalue weighted by Crippen LogP contribution is -2.49. The molecule has 20 heavy (non-hydrogen) atoms. The van der Waals surface area contributed by atoms with Crippen LogP contribution < -0.4 is 10.1 Å². The van der Waals surface area contributed by atoms with Crippen LogP contribution in [0.2, 0.25) is 0 Å². The number of likely N-dealkylation sites (N-methyl/N-ethyl adjacent to an activating group) is 1. The van der Waals surface area contributed by atoms with Gasteiger partial charge in [-0.3, -0.25) is 4.79 Å². The molecular weight excluding hydrogens is 256 g/mol. The summed E-state index contributed by atoms with van der Waals surface area (Å²) >= 11 is 0. The zero-order chi connectivity index (χ0) is 14.4. The average molecular weight is 278 g/mol. The van der Waals surface area contributed by atoms with Gasteiger partial charge in [-0.2, -0.15) is 0 Å². The molecule has 5 heteroatoms. The normalized spacial score (nSPS) is 18.6. The van der Waals surface area contributed by atoms with E-state index in [9.17, 15) is 4.79 Å². The number of ether oxygens (including phenoxy) is 2. The molecule has 1 aliphatic heterocycles. The Labute approximate surface area is 119 Å². The first-order valence-electron chi connectivity index (χ1n) is 6.94. The summed E-state index contributed by atoms with van der Waals surface area (Å²) in [7, 11) is 1.78. The van der Waals surface area contributed by atoms with Gasteiger partial charge in [0.05, 0.1) is 13.2 Å². The molecule has 1 heterocycles. The van der Waals surface area contributed by atoms with E-state index in [1.165, 1.54) is 0 Å². The van der Waals surface area contributed by atoms with Crippen LogP contribution in [0.4, 0.5) is 0 Å². The largest absolute Gasteiger partial charge is 0.491 e. The number of rotatable bonds is 5. The summed E-state index contributed by atoms with van der Waals surface area (Å²) < 4.78 is 11.1. The van der Waals surface area contributed by atoms with Crippen molar-refractivity contribution in [3.63, 3.8) is 0 Å². The van der Waals surface area contributed by atoms with E-state index in [0.29, 0.717) is 26.3 Å². The highest BCUT2D eigenvalue weighted by Crippen LogP contribution is 2.15. The SMILES string of the molecule is Cc1ccccc1OCCN(C)C(=O)C1CNCCO1. The molecule has 1 aromatic rings. The molecule has 2 rings (SSSR count). The molecule has 0 aromatic heterocycles. The molecule has 0 aliphatic carbocycles. The maximum absolute atomic E-state index is 12.1. The van der Waals surface area contributed by atoms with E-state index in [4.69, 9.17) is 9.47 Å². The Kier molecular flexibility index (Phi) is 5.38. The number of hydrogen-bond donors (Lipinski definition) is 1. The standard InChI is InChI=1S/C15H22N2O3/c1-12-5-3-4-6-13(12)20-10-8-17(2)15(18)14-11-16-7-9-19-14/h3-6,14,16H,7-11H2,1-2H3. The van der Waals surface area contributed by atoms with Crippen molar-refractivity contribution < 1.29 is 14.3 Å². The van der Waals surface area contributed by atoms with Gasteiger partial charge in [0.25, 0.3) is 5.91 Å². The molecule has 1 fully saturated rings. The summed E-state index contributed by atoms with van der Waals surface area (Å²) in [5.41, 5.74) is 1.10. The van der Waals surface area contributed by atoms with Crippen LogP contribution in [0.15, 0.2) is 24.3 Å². The van der Waals surface area contributed by atoms with Crippen LogP contribution in [-0.4, -0.2) is 56.8 Å². The van der Waals surface area contributed by atoms with E-state index in [-0.39, 0.29) is 12.0 Å². The molecule has 0 saturated carbocycles. The molecular formula is C15H22N2O3. The van der Waals surface area contributed by atoms with E-state index in [2.05, 4.69) is 5.32 Å². The maximum Gasteiger partial charge on any atom is 0.252 e. The van der Waals surface area contributed by atoms with Gasteiger partial charge in [0.15, 0.2) is 0 Å². The second kappa shape index (κ2) is 7.26. The van der Waals surface area contributed by atoms with Crippen LogP contribution in [0.25, 0.3) is 0 Å². The number of amides is 1. The van der Waals surface area contributed by atoms with Crippen LogP contribution in [0.3, 0.4) is 0 Å². The predicted molar refractivity (Wildman–Crippen MR) is 76.9 cm³/mol. The van der Waals surface area contributed by atoms with Gasteiger partial charge in [-0.05, 0) is 18.6 Å². The fourth-order valence-electron chi connectivity index (χ4n) is 2.09. The van der Waals surface area contributed by atoms with Crippen molar-refractivity contribution in [2.24, 2.45) is 0 Å². The maximum atomic E-state index is 12.1. The zero-order valence-corrected chi connectivity index (χ0v) is 12.1. The van der Waals surface area contributed by atoms with Gasteiger partial charge in [0, 0.05) is 20.1 Å². The lowest BCUT2D eigenvalue weighted by atomic mass is 10.2. The van der Waals surface area contributed by atoms with Crippen LogP contribution in [-0.2, 0) is 9.53 Å². The smallest absolute Gasteiger partial charge is 0.252 e. The number of nitrogens with zero attached hydrogens (tertiary/aromatic N) is 1. The van der Waals surface area contributed by atoms with Crippen LogP contribution in [0.5, 0.6) is 5.75 Å². The van der Waals surface area contributed by atoms with E-state index >= 15 is 0 Å². The number of carbonyl (C=O) groups excluding carboxylic acids is 1. The summed E-state index contributed by atoms with van der Waals surface area (Å²) in [5.74, 6) is 0.870.